The summed E-state index contributed by atoms with van der Waals surface area (Å²) in [6, 6.07) is 7.69. The minimum atomic E-state index is -0.0818. The van der Waals surface area contributed by atoms with Gasteiger partial charge in [-0.2, -0.15) is 20.0 Å². The average Bonchev–Trinajstić information content (AvgIpc) is 3.56. The van der Waals surface area contributed by atoms with Crippen LogP contribution in [0.15, 0.2) is 18.3 Å². The van der Waals surface area contributed by atoms with Crippen molar-refractivity contribution in [3.63, 3.8) is 0 Å². The van der Waals surface area contributed by atoms with Crippen LogP contribution in [-0.2, 0) is 4.79 Å². The van der Waals surface area contributed by atoms with Crippen molar-refractivity contribution in [1.82, 2.24) is 24.5 Å². The molecule has 172 valence electrons. The number of piperazine rings is 1. The Morgan fingerprint density at radius 2 is 2.06 bits per heavy atom. The van der Waals surface area contributed by atoms with Crippen LogP contribution in [-0.4, -0.2) is 62.6 Å². The van der Waals surface area contributed by atoms with Crippen molar-refractivity contribution in [1.29, 1.82) is 10.5 Å². The van der Waals surface area contributed by atoms with Crippen LogP contribution in [0.4, 0.5) is 23.1 Å². The van der Waals surface area contributed by atoms with Crippen molar-refractivity contribution < 1.29 is 4.79 Å². The fourth-order valence-electron chi connectivity index (χ4n) is 3.86. The second kappa shape index (κ2) is 8.78. The molecule has 0 bridgehead atoms. The van der Waals surface area contributed by atoms with Gasteiger partial charge in [-0.1, -0.05) is 18.5 Å². The number of hydrogen-bond donors (Lipinski definition) is 2. The maximum Gasteiger partial charge on any atom is 0.247 e. The molecule has 2 N–H and O–H groups in total. The van der Waals surface area contributed by atoms with Gasteiger partial charge in [0.05, 0.1) is 40.8 Å². The van der Waals surface area contributed by atoms with E-state index in [1.165, 1.54) is 10.7 Å². The molecule has 0 spiro atoms. The summed E-state index contributed by atoms with van der Waals surface area (Å²) in [6.07, 6.45) is 3.50. The fraction of sp³-hybridized carbons (Fsp3) is 0.364. The van der Waals surface area contributed by atoms with Crippen LogP contribution in [0, 0.1) is 22.7 Å². The molecule has 34 heavy (non-hydrogen) atoms. The van der Waals surface area contributed by atoms with Crippen LogP contribution in [0.25, 0.3) is 5.65 Å². The molecule has 5 rings (SSSR count). The minimum Gasteiger partial charge on any atom is -0.364 e. The first-order valence-corrected chi connectivity index (χ1v) is 11.3. The largest absolute Gasteiger partial charge is 0.364 e. The third kappa shape index (κ3) is 4.07. The molecule has 1 aliphatic carbocycles. The molecule has 1 aromatic carbocycles. The van der Waals surface area contributed by atoms with Gasteiger partial charge in [0.1, 0.15) is 6.07 Å². The Morgan fingerprint density at radius 1 is 1.24 bits per heavy atom. The molecular weight excluding hydrogens is 456 g/mol. The summed E-state index contributed by atoms with van der Waals surface area (Å²) >= 11 is 6.72. The zero-order chi connectivity index (χ0) is 23.8. The number of fused-ring (bicyclic) bond motifs is 1. The van der Waals surface area contributed by atoms with E-state index in [9.17, 15) is 15.3 Å². The SMILES string of the molecule is CCN1CCN(c2cc(C#N)cc(Nc3nc(NC4CC4)c4ncc(C#N)n4n3)c2Cl)C(=O)C1. The van der Waals surface area contributed by atoms with Crippen LogP contribution in [0.3, 0.4) is 0 Å². The van der Waals surface area contributed by atoms with Gasteiger partial charge < -0.3 is 15.5 Å². The van der Waals surface area contributed by atoms with E-state index in [2.05, 4.69) is 42.7 Å². The summed E-state index contributed by atoms with van der Waals surface area (Å²) < 4.78 is 1.41. The number of nitriles is 2. The monoisotopic (exact) mass is 476 g/mol. The van der Waals surface area contributed by atoms with Gasteiger partial charge in [-0.3, -0.25) is 9.69 Å². The highest BCUT2D eigenvalue weighted by atomic mass is 35.5. The van der Waals surface area contributed by atoms with Gasteiger partial charge in [0.25, 0.3) is 0 Å². The van der Waals surface area contributed by atoms with Crippen LogP contribution in [0.5, 0.6) is 0 Å². The molecule has 3 heterocycles. The third-order valence-electron chi connectivity index (χ3n) is 5.86. The first-order chi connectivity index (χ1) is 16.5. The van der Waals surface area contributed by atoms with Gasteiger partial charge in [0, 0.05) is 19.1 Å². The number of likely N-dealkylation sites (N-methyl/N-ethyl adjacent to an activating group) is 1. The van der Waals surface area contributed by atoms with E-state index in [0.717, 1.165) is 19.4 Å². The molecule has 0 radical (unpaired) electrons. The highest BCUT2D eigenvalue weighted by Crippen LogP contribution is 2.37. The topological polar surface area (TPSA) is 138 Å². The van der Waals surface area contributed by atoms with Crippen LogP contribution in [0.2, 0.25) is 5.02 Å². The first-order valence-electron chi connectivity index (χ1n) is 11.0. The zero-order valence-electron chi connectivity index (χ0n) is 18.4. The number of halogens is 1. The van der Waals surface area contributed by atoms with Crippen molar-refractivity contribution in [2.24, 2.45) is 0 Å². The number of amides is 1. The number of benzene rings is 1. The molecular formula is C22H21ClN10O. The average molecular weight is 477 g/mol. The smallest absolute Gasteiger partial charge is 0.247 e. The van der Waals surface area contributed by atoms with Crippen LogP contribution < -0.4 is 15.5 Å². The summed E-state index contributed by atoms with van der Waals surface area (Å²) in [5.74, 6) is 0.595. The summed E-state index contributed by atoms with van der Waals surface area (Å²) in [5.41, 5.74) is 1.89. The predicted molar refractivity (Wildman–Crippen MR) is 126 cm³/mol. The standard InChI is InChI=1S/C22H21ClN10O/c1-2-31-5-6-32(18(34)12-31)17-8-13(9-24)7-16(19(17)23)28-22-29-20(27-14-3-4-14)21-26-11-15(10-25)33(21)30-22/h7-8,11,14H,2-6,12H2,1H3,(H2,27,28,29,30). The van der Waals surface area contributed by atoms with Crippen molar-refractivity contribution >= 4 is 46.3 Å². The molecule has 1 amide bonds. The van der Waals surface area contributed by atoms with Gasteiger partial charge in [-0.25, -0.2) is 4.98 Å². The fourth-order valence-corrected chi connectivity index (χ4v) is 4.11. The van der Waals surface area contributed by atoms with E-state index < -0.39 is 0 Å². The van der Waals surface area contributed by atoms with Crippen molar-refractivity contribution in [2.75, 3.05) is 41.7 Å². The van der Waals surface area contributed by atoms with Crippen LogP contribution in [0.1, 0.15) is 31.0 Å². The number of imidazole rings is 1. The second-order valence-corrected chi connectivity index (χ2v) is 8.58. The number of nitrogens with one attached hydrogen (secondary N) is 2. The lowest BCUT2D eigenvalue weighted by Crippen LogP contribution is -2.50. The molecule has 1 saturated carbocycles. The van der Waals surface area contributed by atoms with E-state index in [1.807, 2.05) is 6.92 Å². The number of hydrogen-bond acceptors (Lipinski definition) is 9. The summed E-state index contributed by atoms with van der Waals surface area (Å²) in [7, 11) is 0. The Morgan fingerprint density at radius 3 is 2.74 bits per heavy atom. The van der Waals surface area contributed by atoms with E-state index in [4.69, 9.17) is 11.6 Å². The lowest BCUT2D eigenvalue weighted by Gasteiger charge is -2.34. The summed E-state index contributed by atoms with van der Waals surface area (Å²) in [4.78, 5) is 25.2. The maximum absolute atomic E-state index is 12.8. The molecule has 1 aliphatic heterocycles. The van der Waals surface area contributed by atoms with Crippen LogP contribution >= 0.6 is 11.6 Å². The Kier molecular flexibility index (Phi) is 5.65. The Hall–Kier alpha value is -3.93. The highest BCUT2D eigenvalue weighted by Gasteiger charge is 2.28. The van der Waals surface area contributed by atoms with E-state index in [-0.39, 0.29) is 22.6 Å². The van der Waals surface area contributed by atoms with Crippen molar-refractivity contribution in [3.8, 4) is 12.1 Å². The van der Waals surface area contributed by atoms with Gasteiger partial charge in [0.15, 0.2) is 17.2 Å². The zero-order valence-corrected chi connectivity index (χ0v) is 19.2. The Labute approximate surface area is 200 Å². The van der Waals surface area contributed by atoms with E-state index in [1.54, 1.807) is 17.0 Å². The lowest BCUT2D eigenvalue weighted by molar-refractivity contribution is -0.121. The van der Waals surface area contributed by atoms with Gasteiger partial charge in [0.2, 0.25) is 11.9 Å². The Bertz CT molecular complexity index is 1370. The lowest BCUT2D eigenvalue weighted by atomic mass is 10.1. The Balaban J connectivity index is 1.53. The molecule has 12 heteroatoms. The highest BCUT2D eigenvalue weighted by molar-refractivity contribution is 6.36. The van der Waals surface area contributed by atoms with E-state index in [0.29, 0.717) is 54.1 Å². The molecule has 11 nitrogen and oxygen atoms in total. The van der Waals surface area contributed by atoms with Gasteiger partial charge >= 0.3 is 0 Å². The molecule has 0 atom stereocenters. The maximum atomic E-state index is 12.8. The normalized spacial score (nSPS) is 16.4. The second-order valence-electron chi connectivity index (χ2n) is 8.20. The number of rotatable bonds is 6. The molecule has 2 fully saturated rings. The number of carbonyl (C=O) groups excluding carboxylic acids is 1. The molecule has 1 saturated heterocycles. The third-order valence-corrected chi connectivity index (χ3v) is 6.26. The number of aromatic nitrogens is 4. The van der Waals surface area contributed by atoms with Gasteiger partial charge in [-0.15, -0.1) is 5.10 Å². The number of carbonyl (C=O) groups is 1. The first kappa shape index (κ1) is 21.9. The minimum absolute atomic E-state index is 0.0818. The van der Waals surface area contributed by atoms with Gasteiger partial charge in [-0.05, 0) is 31.5 Å². The summed E-state index contributed by atoms with van der Waals surface area (Å²) in [6.45, 7) is 4.27. The molecule has 3 aromatic rings. The predicted octanol–water partition coefficient (Wildman–Crippen LogP) is 2.51. The van der Waals surface area contributed by atoms with Crippen molar-refractivity contribution in [2.45, 2.75) is 25.8 Å². The summed E-state index contributed by atoms with van der Waals surface area (Å²) in [5, 5.41) is 30.1. The number of anilines is 4. The van der Waals surface area contributed by atoms with E-state index >= 15 is 0 Å². The van der Waals surface area contributed by atoms with Crippen molar-refractivity contribution in [3.05, 3.63) is 34.6 Å². The molecule has 0 unspecified atom stereocenters. The molecule has 2 aliphatic rings. The number of nitrogens with zero attached hydrogens (tertiary/aromatic N) is 8. The molecule has 2 aromatic heterocycles. The quantitative estimate of drug-likeness (QED) is 0.549.